The molecule has 30 heavy (non-hydrogen) atoms. The van der Waals surface area contributed by atoms with Crippen molar-refractivity contribution < 1.29 is 28.3 Å². The van der Waals surface area contributed by atoms with Gasteiger partial charge < -0.3 is 18.7 Å². The molecule has 0 bridgehead atoms. The molecule has 0 aliphatic rings. The fourth-order valence-corrected chi connectivity index (χ4v) is 2.85. The number of benzene rings is 2. The molecule has 0 atom stereocenters. The quantitative estimate of drug-likeness (QED) is 0.553. The molecule has 2 aromatic carbocycles. The summed E-state index contributed by atoms with van der Waals surface area (Å²) in [6.45, 7) is 1.82. The molecule has 0 spiro atoms. The number of amides is 1. The Morgan fingerprint density at radius 2 is 1.77 bits per heavy atom. The van der Waals surface area contributed by atoms with Crippen LogP contribution in [0.5, 0.6) is 11.5 Å². The van der Waals surface area contributed by atoms with Crippen molar-refractivity contribution in [3.8, 4) is 22.8 Å². The molecule has 9 heteroatoms. The first-order valence-corrected chi connectivity index (χ1v) is 9.32. The minimum atomic E-state index is -0.675. The first-order valence-electron chi connectivity index (χ1n) is 8.94. The van der Waals surface area contributed by atoms with Gasteiger partial charge in [-0.1, -0.05) is 28.9 Å². The molecule has 156 valence electrons. The summed E-state index contributed by atoms with van der Waals surface area (Å²) in [5.74, 6) is -0.467. The number of esters is 1. The number of rotatable bonds is 7. The number of aromatic nitrogens is 1. The second kappa shape index (κ2) is 9.32. The second-order valence-electron chi connectivity index (χ2n) is 5.99. The third-order valence-electron chi connectivity index (χ3n) is 4.16. The summed E-state index contributed by atoms with van der Waals surface area (Å²) in [7, 11) is 2.96. The van der Waals surface area contributed by atoms with Crippen LogP contribution in [0.1, 0.15) is 27.6 Å². The monoisotopic (exact) mass is 430 g/mol. The average Bonchev–Trinajstić information content (AvgIpc) is 3.17. The van der Waals surface area contributed by atoms with Crippen LogP contribution in [-0.2, 0) is 4.74 Å². The molecule has 0 unspecified atom stereocenters. The van der Waals surface area contributed by atoms with Crippen molar-refractivity contribution in [2.75, 3.05) is 26.1 Å². The number of carbonyl (C=O) groups excluding carboxylic acids is 2. The van der Waals surface area contributed by atoms with Crippen LogP contribution in [0.15, 0.2) is 47.0 Å². The van der Waals surface area contributed by atoms with Gasteiger partial charge in [-0.05, 0) is 37.3 Å². The Bertz CT molecular complexity index is 1060. The normalized spacial score (nSPS) is 10.4. The number of hydrogen-bond acceptors (Lipinski definition) is 7. The van der Waals surface area contributed by atoms with Crippen molar-refractivity contribution in [2.45, 2.75) is 6.92 Å². The highest BCUT2D eigenvalue weighted by Gasteiger charge is 2.27. The van der Waals surface area contributed by atoms with Crippen molar-refractivity contribution in [3.05, 3.63) is 58.6 Å². The zero-order valence-electron chi connectivity index (χ0n) is 16.5. The highest BCUT2D eigenvalue weighted by atomic mass is 35.5. The predicted molar refractivity (Wildman–Crippen MR) is 110 cm³/mol. The summed E-state index contributed by atoms with van der Waals surface area (Å²) in [4.78, 5) is 25.3. The summed E-state index contributed by atoms with van der Waals surface area (Å²) < 4.78 is 20.8. The van der Waals surface area contributed by atoms with E-state index in [2.05, 4.69) is 10.5 Å². The van der Waals surface area contributed by atoms with E-state index in [0.717, 1.165) is 0 Å². The van der Waals surface area contributed by atoms with Crippen LogP contribution in [0.3, 0.4) is 0 Å². The lowest BCUT2D eigenvalue weighted by atomic mass is 10.1. The van der Waals surface area contributed by atoms with Crippen LogP contribution in [0.2, 0.25) is 5.02 Å². The van der Waals surface area contributed by atoms with Gasteiger partial charge in [-0.3, -0.25) is 10.1 Å². The molecule has 0 saturated heterocycles. The van der Waals surface area contributed by atoms with E-state index in [1.54, 1.807) is 43.3 Å². The van der Waals surface area contributed by atoms with Gasteiger partial charge >= 0.3 is 5.97 Å². The molecule has 0 radical (unpaired) electrons. The molecule has 0 saturated carbocycles. The highest BCUT2D eigenvalue weighted by molar-refractivity contribution is 6.30. The number of anilines is 1. The van der Waals surface area contributed by atoms with Crippen molar-refractivity contribution in [1.29, 1.82) is 0 Å². The third-order valence-corrected chi connectivity index (χ3v) is 4.41. The van der Waals surface area contributed by atoms with Crippen LogP contribution >= 0.6 is 11.6 Å². The molecule has 1 amide bonds. The van der Waals surface area contributed by atoms with Gasteiger partial charge in [0, 0.05) is 16.1 Å². The second-order valence-corrected chi connectivity index (χ2v) is 6.42. The Kier molecular flexibility index (Phi) is 6.58. The van der Waals surface area contributed by atoms with Crippen molar-refractivity contribution in [3.63, 3.8) is 0 Å². The molecule has 1 heterocycles. The zero-order valence-corrected chi connectivity index (χ0v) is 17.3. The van der Waals surface area contributed by atoms with E-state index in [1.165, 1.54) is 20.3 Å². The van der Waals surface area contributed by atoms with Gasteiger partial charge in [-0.2, -0.15) is 0 Å². The summed E-state index contributed by atoms with van der Waals surface area (Å²) in [6, 6.07) is 11.3. The molecule has 3 aromatic rings. The average molecular weight is 431 g/mol. The number of methoxy groups -OCH3 is 2. The Hall–Kier alpha value is -3.52. The van der Waals surface area contributed by atoms with E-state index >= 15 is 0 Å². The van der Waals surface area contributed by atoms with E-state index < -0.39 is 11.9 Å². The maximum atomic E-state index is 12.7. The molecule has 1 aromatic heterocycles. The molecule has 8 nitrogen and oxygen atoms in total. The fourth-order valence-electron chi connectivity index (χ4n) is 2.73. The van der Waals surface area contributed by atoms with Crippen molar-refractivity contribution >= 4 is 29.4 Å². The number of nitrogens with one attached hydrogen (secondary N) is 1. The van der Waals surface area contributed by atoms with E-state index in [9.17, 15) is 9.59 Å². The summed E-state index contributed by atoms with van der Waals surface area (Å²) in [6.07, 6.45) is 0. The van der Waals surface area contributed by atoms with Gasteiger partial charge in [0.2, 0.25) is 5.88 Å². The van der Waals surface area contributed by atoms with Crippen molar-refractivity contribution in [1.82, 2.24) is 5.16 Å². The Morgan fingerprint density at radius 1 is 1.07 bits per heavy atom. The number of halogens is 1. The summed E-state index contributed by atoms with van der Waals surface area (Å²) in [5, 5.41) is 7.04. The standard InChI is InChI=1S/C21H19ClN2O6/c1-4-29-21(26)17-18(12-5-8-14(22)9-6-12)24-30-20(17)23-19(25)13-7-10-15(27-2)16(11-13)28-3/h5-11H,4H2,1-3H3,(H,23,25). The number of ether oxygens (including phenoxy) is 3. The van der Waals surface area contributed by atoms with Crippen LogP contribution in [0.25, 0.3) is 11.3 Å². The highest BCUT2D eigenvalue weighted by Crippen LogP contribution is 2.32. The fraction of sp³-hybridized carbons (Fsp3) is 0.190. The van der Waals surface area contributed by atoms with Gasteiger partial charge in [0.15, 0.2) is 17.1 Å². The maximum Gasteiger partial charge on any atom is 0.346 e. The van der Waals surface area contributed by atoms with Gasteiger partial charge in [0.1, 0.15) is 5.69 Å². The van der Waals surface area contributed by atoms with Gasteiger partial charge in [-0.25, -0.2) is 4.79 Å². The Balaban J connectivity index is 1.96. The molecule has 3 rings (SSSR count). The lowest BCUT2D eigenvalue weighted by molar-refractivity contribution is 0.0528. The lowest BCUT2D eigenvalue weighted by Gasteiger charge is -2.09. The Labute approximate surface area is 177 Å². The predicted octanol–water partition coefficient (Wildman–Crippen LogP) is 4.44. The smallest absolute Gasteiger partial charge is 0.346 e. The van der Waals surface area contributed by atoms with E-state index in [1.807, 2.05) is 0 Å². The molecule has 1 N–H and O–H groups in total. The van der Waals surface area contributed by atoms with Crippen LogP contribution in [-0.4, -0.2) is 37.9 Å². The molecular formula is C21H19ClN2O6. The largest absolute Gasteiger partial charge is 0.493 e. The van der Waals surface area contributed by atoms with E-state index in [4.69, 9.17) is 30.3 Å². The minimum absolute atomic E-state index is 0.00741. The molecule has 0 aliphatic heterocycles. The number of nitrogens with zero attached hydrogens (tertiary/aromatic N) is 1. The first kappa shape index (κ1) is 21.2. The summed E-state index contributed by atoms with van der Waals surface area (Å²) in [5.41, 5.74) is 1.09. The van der Waals surface area contributed by atoms with Gasteiger partial charge in [0.05, 0.1) is 20.8 Å². The zero-order chi connectivity index (χ0) is 21.7. The molecule has 0 fully saturated rings. The van der Waals surface area contributed by atoms with Gasteiger partial charge in [-0.15, -0.1) is 0 Å². The van der Waals surface area contributed by atoms with Gasteiger partial charge in [0.25, 0.3) is 5.91 Å². The summed E-state index contributed by atoms with van der Waals surface area (Å²) >= 11 is 5.93. The topological polar surface area (TPSA) is 99.9 Å². The lowest BCUT2D eigenvalue weighted by Crippen LogP contribution is -2.15. The first-order chi connectivity index (χ1) is 14.5. The number of carbonyl (C=O) groups is 2. The third kappa shape index (κ3) is 4.38. The van der Waals surface area contributed by atoms with E-state index in [0.29, 0.717) is 22.1 Å². The Morgan fingerprint density at radius 3 is 2.40 bits per heavy atom. The minimum Gasteiger partial charge on any atom is -0.493 e. The molecule has 0 aliphatic carbocycles. The van der Waals surface area contributed by atoms with Crippen LogP contribution < -0.4 is 14.8 Å². The van der Waals surface area contributed by atoms with E-state index in [-0.39, 0.29) is 29.3 Å². The van der Waals surface area contributed by atoms with Crippen LogP contribution in [0.4, 0.5) is 5.88 Å². The maximum absolute atomic E-state index is 12.7. The SMILES string of the molecule is CCOC(=O)c1c(-c2ccc(Cl)cc2)noc1NC(=O)c1ccc(OC)c(OC)c1. The number of hydrogen-bond donors (Lipinski definition) is 1. The van der Waals surface area contributed by atoms with Crippen LogP contribution in [0, 0.1) is 0 Å². The van der Waals surface area contributed by atoms with Crippen molar-refractivity contribution in [2.24, 2.45) is 0 Å². The molecular weight excluding hydrogens is 412 g/mol.